The molecule has 0 radical (unpaired) electrons. The maximum atomic E-state index is 12.5. The summed E-state index contributed by atoms with van der Waals surface area (Å²) in [5.41, 5.74) is 5.78. The smallest absolute Gasteiger partial charge is 0.323 e. The first-order valence-corrected chi connectivity index (χ1v) is 9.81. The van der Waals surface area contributed by atoms with Gasteiger partial charge < -0.3 is 20.2 Å². The van der Waals surface area contributed by atoms with Crippen molar-refractivity contribution in [1.82, 2.24) is 14.5 Å². The van der Waals surface area contributed by atoms with Crippen molar-refractivity contribution in [2.45, 2.75) is 13.5 Å². The molecule has 148 valence electrons. The van der Waals surface area contributed by atoms with E-state index in [1.165, 1.54) is 5.56 Å². The van der Waals surface area contributed by atoms with Gasteiger partial charge in [-0.3, -0.25) is 0 Å². The average Bonchev–Trinajstić information content (AvgIpc) is 3.36. The molecule has 30 heavy (non-hydrogen) atoms. The van der Waals surface area contributed by atoms with Crippen LogP contribution in [0.2, 0.25) is 0 Å². The number of amides is 2. The lowest BCUT2D eigenvalue weighted by molar-refractivity contribution is 0.262. The zero-order chi connectivity index (χ0) is 20.5. The first-order chi connectivity index (χ1) is 14.7. The van der Waals surface area contributed by atoms with Gasteiger partial charge >= 0.3 is 6.03 Å². The predicted octanol–water partition coefficient (Wildman–Crippen LogP) is 5.52. The first-order valence-electron chi connectivity index (χ1n) is 9.81. The highest BCUT2D eigenvalue weighted by atomic mass is 16.2. The minimum atomic E-state index is -0.260. The summed E-state index contributed by atoms with van der Waals surface area (Å²) in [7, 11) is 0. The number of urea groups is 1. The molecule has 0 saturated carbocycles. The van der Waals surface area contributed by atoms with E-state index in [-0.39, 0.29) is 6.03 Å². The maximum absolute atomic E-state index is 12.5. The molecule has 5 aromatic rings. The molecule has 0 spiro atoms. The predicted molar refractivity (Wildman–Crippen MR) is 121 cm³/mol. The highest BCUT2D eigenvalue weighted by Gasteiger charge is 2.11. The van der Waals surface area contributed by atoms with Gasteiger partial charge in [-0.25, -0.2) is 9.78 Å². The summed E-state index contributed by atoms with van der Waals surface area (Å²) in [6, 6.07) is 19.5. The third-order valence-corrected chi connectivity index (χ3v) is 5.23. The minimum absolute atomic E-state index is 0.260. The number of carbonyl (C=O) groups is 1. The van der Waals surface area contributed by atoms with Crippen LogP contribution < -0.4 is 10.6 Å². The number of hydrogen-bond donors (Lipinski definition) is 3. The van der Waals surface area contributed by atoms with E-state index >= 15 is 0 Å². The molecule has 0 bridgehead atoms. The van der Waals surface area contributed by atoms with E-state index in [1.54, 1.807) is 0 Å². The second kappa shape index (κ2) is 7.40. The number of aromatic nitrogens is 3. The molecule has 0 atom stereocenters. The molecule has 6 heteroatoms. The Morgan fingerprint density at radius 3 is 2.83 bits per heavy atom. The fourth-order valence-electron chi connectivity index (χ4n) is 3.82. The highest BCUT2D eigenvalue weighted by molar-refractivity contribution is 6.05. The fourth-order valence-corrected chi connectivity index (χ4v) is 3.82. The van der Waals surface area contributed by atoms with Crippen molar-refractivity contribution in [2.24, 2.45) is 0 Å². The van der Waals surface area contributed by atoms with E-state index in [9.17, 15) is 4.79 Å². The number of nitrogens with one attached hydrogen (secondary N) is 3. The second-order valence-electron chi connectivity index (χ2n) is 7.34. The van der Waals surface area contributed by atoms with Crippen LogP contribution in [-0.2, 0) is 6.54 Å². The van der Waals surface area contributed by atoms with Crippen molar-refractivity contribution >= 4 is 39.3 Å². The molecule has 2 aromatic carbocycles. The highest BCUT2D eigenvalue weighted by Crippen LogP contribution is 2.26. The topological polar surface area (TPSA) is 74.7 Å². The average molecular weight is 395 g/mol. The molecule has 5 rings (SSSR count). The van der Waals surface area contributed by atoms with Gasteiger partial charge in [0.15, 0.2) is 0 Å². The normalized spacial score (nSPS) is 11.1. The minimum Gasteiger partial charge on any atom is -0.346 e. The third-order valence-electron chi connectivity index (χ3n) is 5.23. The lowest BCUT2D eigenvalue weighted by Crippen LogP contribution is -2.19. The Bertz CT molecular complexity index is 1360. The Morgan fingerprint density at radius 2 is 1.93 bits per heavy atom. The van der Waals surface area contributed by atoms with E-state index in [4.69, 9.17) is 0 Å². The van der Waals surface area contributed by atoms with E-state index in [0.717, 1.165) is 45.4 Å². The Kier molecular flexibility index (Phi) is 4.44. The lowest BCUT2D eigenvalue weighted by Gasteiger charge is -2.11. The van der Waals surface area contributed by atoms with Crippen molar-refractivity contribution in [3.8, 4) is 0 Å². The number of hydrogen-bond acceptors (Lipinski definition) is 2. The molecule has 0 unspecified atom stereocenters. The zero-order valence-corrected chi connectivity index (χ0v) is 16.5. The van der Waals surface area contributed by atoms with Crippen LogP contribution in [0, 0.1) is 6.92 Å². The van der Waals surface area contributed by atoms with Gasteiger partial charge in [0, 0.05) is 41.6 Å². The van der Waals surface area contributed by atoms with E-state index in [0.29, 0.717) is 0 Å². The van der Waals surface area contributed by atoms with Gasteiger partial charge in [0.2, 0.25) is 0 Å². The number of aryl methyl sites for hydroxylation is 1. The Morgan fingerprint density at radius 1 is 1.03 bits per heavy atom. The summed E-state index contributed by atoms with van der Waals surface area (Å²) >= 11 is 0. The number of pyridine rings is 1. The fraction of sp³-hybridized carbons (Fsp3) is 0.0833. The Hall–Kier alpha value is -4.06. The van der Waals surface area contributed by atoms with Crippen molar-refractivity contribution in [1.29, 1.82) is 0 Å². The van der Waals surface area contributed by atoms with Crippen LogP contribution in [0.15, 0.2) is 79.3 Å². The van der Waals surface area contributed by atoms with Crippen LogP contribution in [-0.4, -0.2) is 20.6 Å². The molecule has 2 amide bonds. The number of rotatable bonds is 4. The number of benzene rings is 2. The summed E-state index contributed by atoms with van der Waals surface area (Å²) in [4.78, 5) is 20.0. The molecule has 0 fully saturated rings. The van der Waals surface area contributed by atoms with E-state index in [2.05, 4.69) is 31.2 Å². The van der Waals surface area contributed by atoms with E-state index in [1.807, 2.05) is 80.1 Å². The molecule has 0 saturated heterocycles. The Balaban J connectivity index is 1.41. The number of carbonyl (C=O) groups excluding carboxylic acids is 1. The van der Waals surface area contributed by atoms with Gasteiger partial charge in [-0.1, -0.05) is 18.2 Å². The van der Waals surface area contributed by atoms with Gasteiger partial charge in [-0.05, 0) is 60.5 Å². The summed E-state index contributed by atoms with van der Waals surface area (Å²) in [6.07, 6.45) is 5.78. The van der Waals surface area contributed by atoms with Gasteiger partial charge in [0.25, 0.3) is 0 Å². The van der Waals surface area contributed by atoms with Crippen molar-refractivity contribution in [3.63, 3.8) is 0 Å². The van der Waals surface area contributed by atoms with Crippen LogP contribution in [0.5, 0.6) is 0 Å². The van der Waals surface area contributed by atoms with Gasteiger partial charge in [0.05, 0.1) is 11.2 Å². The number of anilines is 2. The van der Waals surface area contributed by atoms with Crippen LogP contribution in [0.4, 0.5) is 16.2 Å². The standard InChI is InChI=1S/C24H21N5O/c1-16-4-2-5-18(14-16)27-24(30)28-21-6-3-7-22-20(21)10-13-29(22)15-17-8-11-25-23-19(17)9-12-26-23/h2-14H,15H2,1H3,(H,25,26)(H2,27,28,30). The van der Waals surface area contributed by atoms with E-state index < -0.39 is 0 Å². The molecule has 6 nitrogen and oxygen atoms in total. The maximum Gasteiger partial charge on any atom is 0.323 e. The second-order valence-corrected chi connectivity index (χ2v) is 7.34. The zero-order valence-electron chi connectivity index (χ0n) is 16.5. The number of H-pyrrole nitrogens is 1. The largest absolute Gasteiger partial charge is 0.346 e. The first kappa shape index (κ1) is 18.0. The van der Waals surface area contributed by atoms with Crippen LogP contribution >= 0.6 is 0 Å². The van der Waals surface area contributed by atoms with Crippen molar-refractivity contribution < 1.29 is 4.79 Å². The lowest BCUT2D eigenvalue weighted by atomic mass is 10.2. The van der Waals surface area contributed by atoms with Crippen LogP contribution in [0.1, 0.15) is 11.1 Å². The number of fused-ring (bicyclic) bond motifs is 2. The van der Waals surface area contributed by atoms with Gasteiger partial charge in [0.1, 0.15) is 5.65 Å². The summed E-state index contributed by atoms with van der Waals surface area (Å²) in [5.74, 6) is 0. The molecule has 0 aliphatic rings. The SMILES string of the molecule is Cc1cccc(NC(=O)Nc2cccc3c2ccn3Cc2ccnc3[nH]ccc23)c1. The molecule has 0 aliphatic heterocycles. The monoisotopic (exact) mass is 395 g/mol. The van der Waals surface area contributed by atoms with Gasteiger partial charge in [-0.15, -0.1) is 0 Å². The molecular formula is C24H21N5O. The third kappa shape index (κ3) is 3.39. The molecular weight excluding hydrogens is 374 g/mol. The van der Waals surface area contributed by atoms with Crippen molar-refractivity contribution in [2.75, 3.05) is 10.6 Å². The Labute approximate surface area is 173 Å². The summed E-state index contributed by atoms with van der Waals surface area (Å²) in [6.45, 7) is 2.72. The summed E-state index contributed by atoms with van der Waals surface area (Å²) < 4.78 is 2.18. The molecule has 0 aliphatic carbocycles. The van der Waals surface area contributed by atoms with Gasteiger partial charge in [-0.2, -0.15) is 0 Å². The van der Waals surface area contributed by atoms with Crippen molar-refractivity contribution in [3.05, 3.63) is 90.4 Å². The molecule has 3 N–H and O–H groups in total. The summed E-state index contributed by atoms with van der Waals surface area (Å²) in [5, 5.41) is 7.98. The number of aromatic amines is 1. The van der Waals surface area contributed by atoms with Crippen LogP contribution in [0.3, 0.4) is 0 Å². The molecule has 3 aromatic heterocycles. The number of nitrogens with zero attached hydrogens (tertiary/aromatic N) is 2. The molecule has 3 heterocycles. The quantitative estimate of drug-likeness (QED) is 0.375. The van der Waals surface area contributed by atoms with Crippen LogP contribution in [0.25, 0.3) is 21.9 Å².